The second kappa shape index (κ2) is 7.13. The van der Waals surface area contributed by atoms with Crippen LogP contribution in [0.3, 0.4) is 0 Å². The van der Waals surface area contributed by atoms with Crippen LogP contribution < -0.4 is 10.5 Å². The Morgan fingerprint density at radius 3 is 2.88 bits per heavy atom. The van der Waals surface area contributed by atoms with Gasteiger partial charge in [0.1, 0.15) is 6.04 Å². The second-order valence-corrected chi connectivity index (χ2v) is 4.45. The van der Waals surface area contributed by atoms with Crippen molar-refractivity contribution in [2.24, 2.45) is 5.73 Å². The number of halogens is 1. The van der Waals surface area contributed by atoms with Crippen LogP contribution >= 0.6 is 11.8 Å². The molecule has 17 heavy (non-hydrogen) atoms. The van der Waals surface area contributed by atoms with Crippen LogP contribution in [0.1, 0.15) is 0 Å². The molecule has 4 nitrogen and oxygen atoms in total. The molecular weight excluding hydrogens is 245 g/mol. The Kier molecular flexibility index (Phi) is 5.79. The molecule has 0 radical (unpaired) electrons. The molecule has 1 aromatic carbocycles. The minimum atomic E-state index is -1.02. The molecule has 0 unspecified atom stereocenters. The predicted molar refractivity (Wildman–Crippen MR) is 64.8 cm³/mol. The summed E-state index contributed by atoms with van der Waals surface area (Å²) >= 11 is 1.36. The summed E-state index contributed by atoms with van der Waals surface area (Å²) in [5.74, 6) is -0.339. The Labute approximate surface area is 103 Å². The smallest absolute Gasteiger partial charge is 0.321 e. The zero-order valence-corrected chi connectivity index (χ0v) is 9.95. The lowest BCUT2D eigenvalue weighted by Gasteiger charge is -2.08. The minimum absolute atomic E-state index is 0.204. The highest BCUT2D eigenvalue weighted by atomic mass is 32.2. The maximum absolute atomic E-state index is 13.1. The lowest BCUT2D eigenvalue weighted by atomic mass is 10.3. The molecule has 94 valence electrons. The topological polar surface area (TPSA) is 72.5 Å². The van der Waals surface area contributed by atoms with Gasteiger partial charge in [-0.3, -0.25) is 4.79 Å². The molecule has 3 N–H and O–H groups in total. The van der Waals surface area contributed by atoms with E-state index in [1.807, 2.05) is 0 Å². The SMILES string of the molecule is N[C@@H](CSCCOc1ccccc1F)C(=O)O. The largest absolute Gasteiger partial charge is 0.490 e. The van der Waals surface area contributed by atoms with Gasteiger partial charge in [0.2, 0.25) is 0 Å². The molecule has 0 saturated carbocycles. The Morgan fingerprint density at radius 2 is 2.24 bits per heavy atom. The van der Waals surface area contributed by atoms with Crippen molar-refractivity contribution in [2.45, 2.75) is 6.04 Å². The zero-order valence-electron chi connectivity index (χ0n) is 9.14. The van der Waals surface area contributed by atoms with E-state index in [4.69, 9.17) is 15.6 Å². The third-order valence-corrected chi connectivity index (χ3v) is 2.99. The number of hydrogen-bond acceptors (Lipinski definition) is 4. The van der Waals surface area contributed by atoms with E-state index < -0.39 is 17.8 Å². The molecule has 0 aliphatic heterocycles. The van der Waals surface area contributed by atoms with Crippen LogP contribution in [0, 0.1) is 5.82 Å². The van der Waals surface area contributed by atoms with Gasteiger partial charge in [-0.25, -0.2) is 4.39 Å². The quantitative estimate of drug-likeness (QED) is 0.723. The van der Waals surface area contributed by atoms with E-state index in [1.165, 1.54) is 17.8 Å². The normalized spacial score (nSPS) is 12.1. The van der Waals surface area contributed by atoms with Gasteiger partial charge < -0.3 is 15.6 Å². The molecule has 0 bridgehead atoms. The standard InChI is InChI=1S/C11H14FNO3S/c12-8-3-1-2-4-10(8)16-5-6-17-7-9(13)11(14)15/h1-4,9H,5-7,13H2,(H,14,15)/t9-/m0/s1. The molecular formula is C11H14FNO3S. The van der Waals surface area contributed by atoms with Crippen LogP contribution in [0.2, 0.25) is 0 Å². The van der Waals surface area contributed by atoms with Crippen molar-refractivity contribution in [1.82, 2.24) is 0 Å². The van der Waals surface area contributed by atoms with Gasteiger partial charge in [0, 0.05) is 11.5 Å². The van der Waals surface area contributed by atoms with Crippen molar-refractivity contribution in [3.8, 4) is 5.75 Å². The molecule has 0 aliphatic carbocycles. The van der Waals surface area contributed by atoms with Crippen molar-refractivity contribution in [1.29, 1.82) is 0 Å². The number of para-hydroxylation sites is 1. The van der Waals surface area contributed by atoms with E-state index >= 15 is 0 Å². The molecule has 0 amide bonds. The van der Waals surface area contributed by atoms with Gasteiger partial charge in [-0.05, 0) is 12.1 Å². The lowest BCUT2D eigenvalue weighted by molar-refractivity contribution is -0.137. The summed E-state index contributed by atoms with van der Waals surface area (Å²) in [7, 11) is 0. The van der Waals surface area contributed by atoms with Crippen molar-refractivity contribution >= 4 is 17.7 Å². The second-order valence-electron chi connectivity index (χ2n) is 3.30. The van der Waals surface area contributed by atoms with Gasteiger partial charge >= 0.3 is 5.97 Å². The van der Waals surface area contributed by atoms with Crippen molar-refractivity contribution < 1.29 is 19.0 Å². The van der Waals surface area contributed by atoms with Crippen molar-refractivity contribution in [3.05, 3.63) is 30.1 Å². The van der Waals surface area contributed by atoms with E-state index in [0.717, 1.165) is 0 Å². The number of carboxylic acid groups (broad SMARTS) is 1. The number of hydrogen-bond donors (Lipinski definition) is 2. The van der Waals surface area contributed by atoms with Gasteiger partial charge in [0.25, 0.3) is 0 Å². The average molecular weight is 259 g/mol. The van der Waals surface area contributed by atoms with Crippen LogP contribution in [0.5, 0.6) is 5.75 Å². The number of ether oxygens (including phenoxy) is 1. The minimum Gasteiger partial charge on any atom is -0.490 e. The van der Waals surface area contributed by atoms with Crippen LogP contribution in [-0.2, 0) is 4.79 Å². The van der Waals surface area contributed by atoms with E-state index in [9.17, 15) is 9.18 Å². The number of rotatable bonds is 7. The number of aliphatic carboxylic acids is 1. The molecule has 1 aromatic rings. The number of carbonyl (C=O) groups is 1. The van der Waals surface area contributed by atoms with Gasteiger partial charge in [0.15, 0.2) is 11.6 Å². The first-order chi connectivity index (χ1) is 8.11. The van der Waals surface area contributed by atoms with Gasteiger partial charge in [0.05, 0.1) is 6.61 Å². The molecule has 6 heteroatoms. The van der Waals surface area contributed by atoms with Crippen molar-refractivity contribution in [2.75, 3.05) is 18.1 Å². The highest BCUT2D eigenvalue weighted by molar-refractivity contribution is 7.99. The highest BCUT2D eigenvalue weighted by Crippen LogP contribution is 2.15. The highest BCUT2D eigenvalue weighted by Gasteiger charge is 2.10. The number of benzene rings is 1. The Morgan fingerprint density at radius 1 is 1.53 bits per heavy atom. The monoisotopic (exact) mass is 259 g/mol. The number of thioether (sulfide) groups is 1. The maximum Gasteiger partial charge on any atom is 0.321 e. The Bertz CT molecular complexity index is 375. The first kappa shape index (κ1) is 13.8. The fraction of sp³-hybridized carbons (Fsp3) is 0.364. The first-order valence-corrected chi connectivity index (χ1v) is 6.20. The third kappa shape index (κ3) is 5.06. The zero-order chi connectivity index (χ0) is 12.7. The van der Waals surface area contributed by atoms with Crippen LogP contribution in [0.25, 0.3) is 0 Å². The average Bonchev–Trinajstić information content (AvgIpc) is 2.30. The van der Waals surface area contributed by atoms with Gasteiger partial charge in [-0.1, -0.05) is 12.1 Å². The summed E-state index contributed by atoms with van der Waals surface area (Å²) in [6, 6.07) is 5.27. The van der Waals surface area contributed by atoms with Crippen LogP contribution in [-0.4, -0.2) is 35.2 Å². The molecule has 0 spiro atoms. The molecule has 0 aromatic heterocycles. The fourth-order valence-electron chi connectivity index (χ4n) is 1.05. The Balaban J connectivity index is 2.17. The van der Waals surface area contributed by atoms with E-state index in [2.05, 4.69) is 0 Å². The maximum atomic E-state index is 13.1. The van der Waals surface area contributed by atoms with E-state index in [-0.39, 0.29) is 5.75 Å². The molecule has 0 heterocycles. The lowest BCUT2D eigenvalue weighted by Crippen LogP contribution is -2.32. The summed E-state index contributed by atoms with van der Waals surface area (Å²) in [5.41, 5.74) is 5.31. The van der Waals surface area contributed by atoms with Crippen LogP contribution in [0.15, 0.2) is 24.3 Å². The van der Waals surface area contributed by atoms with Crippen molar-refractivity contribution in [3.63, 3.8) is 0 Å². The molecule has 1 rings (SSSR count). The number of carboxylic acids is 1. The predicted octanol–water partition coefficient (Wildman–Crippen LogP) is 1.35. The molecule has 0 saturated heterocycles. The molecule has 1 atom stereocenters. The van der Waals surface area contributed by atoms with Crippen LogP contribution in [0.4, 0.5) is 4.39 Å². The summed E-state index contributed by atoms with van der Waals surface area (Å²) in [5, 5.41) is 8.53. The van der Waals surface area contributed by atoms with Gasteiger partial charge in [-0.2, -0.15) is 11.8 Å². The molecule has 0 fully saturated rings. The summed E-state index contributed by atoms with van der Waals surface area (Å²) in [6.07, 6.45) is 0. The Hall–Kier alpha value is -1.27. The molecule has 0 aliphatic rings. The first-order valence-electron chi connectivity index (χ1n) is 5.04. The summed E-state index contributed by atoms with van der Waals surface area (Å²) in [6.45, 7) is 0.317. The third-order valence-electron chi connectivity index (χ3n) is 1.94. The fourth-order valence-corrected chi connectivity index (χ4v) is 1.82. The summed E-state index contributed by atoms with van der Waals surface area (Å²) in [4.78, 5) is 10.4. The van der Waals surface area contributed by atoms with E-state index in [0.29, 0.717) is 18.1 Å². The van der Waals surface area contributed by atoms with Gasteiger partial charge in [-0.15, -0.1) is 0 Å². The van der Waals surface area contributed by atoms with E-state index in [1.54, 1.807) is 18.2 Å². The number of nitrogens with two attached hydrogens (primary N) is 1. The summed E-state index contributed by atoms with van der Waals surface area (Å²) < 4.78 is 18.3.